The summed E-state index contributed by atoms with van der Waals surface area (Å²) in [5.74, 6) is -0.863. The Hall–Kier alpha value is -4.39. The molecule has 1 N–H and O–H groups in total. The number of nitriles is 1. The zero-order valence-corrected chi connectivity index (χ0v) is 15.7. The highest BCUT2D eigenvalue weighted by Crippen LogP contribution is 2.38. The minimum Gasteiger partial charge on any atom is -0.454 e. The maximum Gasteiger partial charge on any atom is 0.331 e. The van der Waals surface area contributed by atoms with E-state index in [1.54, 1.807) is 12.1 Å². The van der Waals surface area contributed by atoms with Crippen LogP contribution in [0, 0.1) is 21.4 Å². The fourth-order valence-corrected chi connectivity index (χ4v) is 2.54. The topological polar surface area (TPSA) is 141 Å². The fourth-order valence-electron chi connectivity index (χ4n) is 2.54. The summed E-state index contributed by atoms with van der Waals surface area (Å²) in [5.41, 5.74) is 0.731. The van der Waals surface area contributed by atoms with Crippen molar-refractivity contribution in [1.29, 1.82) is 5.26 Å². The lowest BCUT2D eigenvalue weighted by atomic mass is 10.1. The van der Waals surface area contributed by atoms with Crippen molar-refractivity contribution in [2.45, 2.75) is 13.0 Å². The molecule has 0 spiro atoms. The van der Waals surface area contributed by atoms with Crippen molar-refractivity contribution in [2.75, 3.05) is 12.1 Å². The first-order chi connectivity index (χ1) is 14.4. The van der Waals surface area contributed by atoms with Crippen LogP contribution in [0.15, 0.2) is 42.5 Å². The van der Waals surface area contributed by atoms with Crippen LogP contribution in [0.4, 0.5) is 11.4 Å². The Kier molecular flexibility index (Phi) is 5.93. The molecule has 10 heteroatoms. The van der Waals surface area contributed by atoms with Gasteiger partial charge in [-0.3, -0.25) is 14.9 Å². The van der Waals surface area contributed by atoms with E-state index in [0.717, 1.165) is 6.08 Å². The molecule has 2 aromatic rings. The molecular weight excluding hydrogens is 394 g/mol. The molecule has 3 rings (SSSR count). The summed E-state index contributed by atoms with van der Waals surface area (Å²) >= 11 is 0. The van der Waals surface area contributed by atoms with Crippen LogP contribution in [0.5, 0.6) is 11.5 Å². The van der Waals surface area contributed by atoms with Crippen LogP contribution in [-0.2, 0) is 14.3 Å². The van der Waals surface area contributed by atoms with Gasteiger partial charge in [0.05, 0.1) is 28.2 Å². The van der Waals surface area contributed by atoms with Crippen LogP contribution in [0.3, 0.4) is 0 Å². The van der Waals surface area contributed by atoms with E-state index in [9.17, 15) is 19.7 Å². The summed E-state index contributed by atoms with van der Waals surface area (Å²) in [4.78, 5) is 34.8. The van der Waals surface area contributed by atoms with Crippen LogP contribution in [-0.4, -0.2) is 29.7 Å². The fraction of sp³-hybridized carbons (Fsp3) is 0.150. The second-order valence-corrected chi connectivity index (χ2v) is 6.11. The lowest BCUT2D eigenvalue weighted by molar-refractivity contribution is -0.385. The third-order valence-corrected chi connectivity index (χ3v) is 4.06. The third-order valence-electron chi connectivity index (χ3n) is 4.06. The van der Waals surface area contributed by atoms with E-state index in [-0.39, 0.29) is 23.8 Å². The van der Waals surface area contributed by atoms with E-state index in [0.29, 0.717) is 17.0 Å². The number of amides is 1. The van der Waals surface area contributed by atoms with E-state index in [4.69, 9.17) is 19.5 Å². The highest BCUT2D eigenvalue weighted by molar-refractivity contribution is 5.96. The number of nitrogens with one attached hydrogen (secondary N) is 1. The lowest BCUT2D eigenvalue weighted by Gasteiger charge is -2.12. The van der Waals surface area contributed by atoms with Gasteiger partial charge in [-0.05, 0) is 43.3 Å². The van der Waals surface area contributed by atoms with Crippen molar-refractivity contribution in [3.8, 4) is 17.6 Å². The van der Waals surface area contributed by atoms with Crippen molar-refractivity contribution in [2.24, 2.45) is 0 Å². The van der Waals surface area contributed by atoms with Gasteiger partial charge in [0.1, 0.15) is 0 Å². The number of nitro benzene ring substituents is 1. The third kappa shape index (κ3) is 4.71. The molecule has 0 bridgehead atoms. The van der Waals surface area contributed by atoms with Gasteiger partial charge in [-0.15, -0.1) is 0 Å². The molecule has 152 valence electrons. The number of carbonyl (C=O) groups is 2. The summed E-state index contributed by atoms with van der Waals surface area (Å²) in [7, 11) is 0. The van der Waals surface area contributed by atoms with Crippen molar-refractivity contribution in [3.63, 3.8) is 0 Å². The smallest absolute Gasteiger partial charge is 0.331 e. The van der Waals surface area contributed by atoms with Gasteiger partial charge in [0.15, 0.2) is 17.6 Å². The SMILES string of the molecule is C[C@H](OC(=O)/C=C/c1cc2c(cc1[N+](=O)[O-])OCO2)C(=O)Nc1ccc(C#N)cc1. The maximum absolute atomic E-state index is 12.2. The predicted octanol–water partition coefficient (Wildman–Crippen LogP) is 2.78. The Bertz CT molecular complexity index is 1070. The first-order valence-electron chi connectivity index (χ1n) is 8.65. The monoisotopic (exact) mass is 409 g/mol. The molecule has 10 nitrogen and oxygen atoms in total. The van der Waals surface area contributed by atoms with Gasteiger partial charge in [0.25, 0.3) is 11.6 Å². The molecule has 0 radical (unpaired) electrons. The maximum atomic E-state index is 12.2. The quantitative estimate of drug-likeness (QED) is 0.332. The standard InChI is InChI=1S/C20H15N3O7/c1-12(20(25)22-15-5-2-13(10-21)3-6-15)30-19(24)7-4-14-8-17-18(29-11-28-17)9-16(14)23(26)27/h2-9,12H,11H2,1H3,(H,22,25)/b7-4+/t12-/m0/s1. The number of carbonyl (C=O) groups excluding carboxylic acids is 2. The molecule has 1 atom stereocenters. The highest BCUT2D eigenvalue weighted by Gasteiger charge is 2.22. The van der Waals surface area contributed by atoms with E-state index in [1.807, 2.05) is 6.07 Å². The summed E-state index contributed by atoms with van der Waals surface area (Å²) in [5, 5.41) is 22.6. The normalized spacial score (nSPS) is 12.8. The number of nitrogens with zero attached hydrogens (tertiary/aromatic N) is 2. The second-order valence-electron chi connectivity index (χ2n) is 6.11. The first-order valence-corrected chi connectivity index (χ1v) is 8.65. The average Bonchev–Trinajstić information content (AvgIpc) is 3.19. The molecule has 30 heavy (non-hydrogen) atoms. The molecule has 0 saturated carbocycles. The van der Waals surface area contributed by atoms with Gasteiger partial charge >= 0.3 is 5.97 Å². The molecule has 0 saturated heterocycles. The number of esters is 1. The molecule has 1 aliphatic rings. The summed E-state index contributed by atoms with van der Waals surface area (Å²) in [6, 6.07) is 10.7. The van der Waals surface area contributed by atoms with Crippen LogP contribution < -0.4 is 14.8 Å². The van der Waals surface area contributed by atoms with Crippen molar-refractivity contribution in [1.82, 2.24) is 0 Å². The number of fused-ring (bicyclic) bond motifs is 1. The van der Waals surface area contributed by atoms with Gasteiger partial charge in [0.2, 0.25) is 6.79 Å². The van der Waals surface area contributed by atoms with E-state index < -0.39 is 22.9 Å². The number of hydrogen-bond acceptors (Lipinski definition) is 8. The van der Waals surface area contributed by atoms with Crippen LogP contribution in [0.25, 0.3) is 6.08 Å². The van der Waals surface area contributed by atoms with Crippen LogP contribution >= 0.6 is 0 Å². The van der Waals surface area contributed by atoms with E-state index in [2.05, 4.69) is 5.32 Å². The highest BCUT2D eigenvalue weighted by atomic mass is 16.7. The summed E-state index contributed by atoms with van der Waals surface area (Å²) in [6.45, 7) is 1.33. The van der Waals surface area contributed by atoms with Gasteiger partial charge in [0, 0.05) is 11.8 Å². The zero-order valence-electron chi connectivity index (χ0n) is 15.7. The van der Waals surface area contributed by atoms with E-state index in [1.165, 1.54) is 37.3 Å². The number of anilines is 1. The molecule has 0 unspecified atom stereocenters. The minimum atomic E-state index is -1.12. The summed E-state index contributed by atoms with van der Waals surface area (Å²) in [6.07, 6.45) is 1.06. The Morgan fingerprint density at radius 2 is 1.93 bits per heavy atom. The molecule has 1 aliphatic heterocycles. The number of nitro groups is 1. The van der Waals surface area contributed by atoms with Gasteiger partial charge in [-0.1, -0.05) is 0 Å². The number of rotatable bonds is 6. The van der Waals surface area contributed by atoms with Crippen molar-refractivity contribution < 1.29 is 28.7 Å². The first kappa shape index (κ1) is 20.3. The Labute approximate surface area is 170 Å². The predicted molar refractivity (Wildman–Crippen MR) is 104 cm³/mol. The molecule has 0 aromatic heterocycles. The molecular formula is C20H15N3O7. The molecule has 1 amide bonds. The number of ether oxygens (including phenoxy) is 3. The van der Waals surface area contributed by atoms with Gasteiger partial charge in [-0.2, -0.15) is 5.26 Å². The number of hydrogen-bond donors (Lipinski definition) is 1. The van der Waals surface area contributed by atoms with Crippen LogP contribution in [0.2, 0.25) is 0 Å². The van der Waals surface area contributed by atoms with Gasteiger partial charge in [-0.25, -0.2) is 4.79 Å². The minimum absolute atomic E-state index is 0.0481. The largest absolute Gasteiger partial charge is 0.454 e. The molecule has 1 heterocycles. The Balaban J connectivity index is 1.63. The Morgan fingerprint density at radius 1 is 1.27 bits per heavy atom. The Morgan fingerprint density at radius 3 is 2.57 bits per heavy atom. The van der Waals surface area contributed by atoms with Crippen LogP contribution in [0.1, 0.15) is 18.1 Å². The summed E-state index contributed by atoms with van der Waals surface area (Å²) < 4.78 is 15.3. The lowest BCUT2D eigenvalue weighted by Crippen LogP contribution is -2.29. The van der Waals surface area contributed by atoms with Crippen molar-refractivity contribution >= 4 is 29.3 Å². The van der Waals surface area contributed by atoms with E-state index >= 15 is 0 Å². The molecule has 0 aliphatic carbocycles. The van der Waals surface area contributed by atoms with Crippen molar-refractivity contribution in [3.05, 3.63) is 63.7 Å². The van der Waals surface area contributed by atoms with Gasteiger partial charge < -0.3 is 19.5 Å². The second kappa shape index (κ2) is 8.74. The molecule has 2 aromatic carbocycles. The average molecular weight is 409 g/mol. The molecule has 0 fully saturated rings. The zero-order chi connectivity index (χ0) is 21.7. The number of benzene rings is 2.